The van der Waals surface area contributed by atoms with E-state index in [0.29, 0.717) is 28.7 Å². The minimum Gasteiger partial charge on any atom is -0.453 e. The Bertz CT molecular complexity index is 1190. The fourth-order valence-corrected chi connectivity index (χ4v) is 2.82. The van der Waals surface area contributed by atoms with Gasteiger partial charge in [0.25, 0.3) is 5.69 Å². The van der Waals surface area contributed by atoms with Crippen LogP contribution in [0.2, 0.25) is 0 Å². The molecule has 4 rings (SSSR count). The van der Waals surface area contributed by atoms with Crippen molar-refractivity contribution in [1.29, 1.82) is 0 Å². The molecular weight excluding hydrogens is 388 g/mol. The highest BCUT2D eigenvalue weighted by Crippen LogP contribution is 2.26. The molecule has 8 nitrogen and oxygen atoms in total. The largest absolute Gasteiger partial charge is 0.453 e. The number of aryl methyl sites for hydroxylation is 1. The molecule has 0 amide bonds. The summed E-state index contributed by atoms with van der Waals surface area (Å²) in [6.45, 7) is 1.69. The van der Waals surface area contributed by atoms with Crippen molar-refractivity contribution >= 4 is 11.7 Å². The van der Waals surface area contributed by atoms with Gasteiger partial charge in [0.05, 0.1) is 4.92 Å². The summed E-state index contributed by atoms with van der Waals surface area (Å²) in [6, 6.07) is 18.4. The molecule has 0 aliphatic rings. The van der Waals surface area contributed by atoms with Crippen LogP contribution in [0.25, 0.3) is 22.8 Å². The second kappa shape index (κ2) is 8.04. The van der Waals surface area contributed by atoms with Crippen molar-refractivity contribution in [1.82, 2.24) is 4.98 Å². The first-order valence-electron chi connectivity index (χ1n) is 9.05. The Morgan fingerprint density at radius 3 is 2.43 bits per heavy atom. The fraction of sp³-hybridized carbons (Fsp3) is 0.0909. The first-order chi connectivity index (χ1) is 14.5. The zero-order chi connectivity index (χ0) is 21.1. The number of oxazole rings is 1. The molecule has 2 heterocycles. The molecule has 0 bridgehead atoms. The van der Waals surface area contributed by atoms with E-state index in [4.69, 9.17) is 13.6 Å². The number of carbonyl (C=O) groups excluding carboxylic acids is 1. The third kappa shape index (κ3) is 3.97. The molecule has 0 spiro atoms. The number of ether oxygens (including phenoxy) is 1. The average Bonchev–Trinajstić information content (AvgIpc) is 3.40. The van der Waals surface area contributed by atoms with Gasteiger partial charge in [-0.3, -0.25) is 10.1 Å². The first kappa shape index (κ1) is 19.1. The summed E-state index contributed by atoms with van der Waals surface area (Å²) >= 11 is 0. The Hall–Kier alpha value is -4.20. The molecule has 0 saturated carbocycles. The maximum absolute atomic E-state index is 12.3. The number of hydrogen-bond acceptors (Lipinski definition) is 7. The molecule has 0 fully saturated rings. The Balaban J connectivity index is 1.43. The van der Waals surface area contributed by atoms with Crippen molar-refractivity contribution in [2.75, 3.05) is 0 Å². The van der Waals surface area contributed by atoms with Crippen LogP contribution in [-0.2, 0) is 11.3 Å². The van der Waals surface area contributed by atoms with Crippen molar-refractivity contribution in [2.45, 2.75) is 13.5 Å². The molecule has 0 atom stereocenters. The fourth-order valence-electron chi connectivity index (χ4n) is 2.82. The Morgan fingerprint density at radius 1 is 1.00 bits per heavy atom. The summed E-state index contributed by atoms with van der Waals surface area (Å²) in [5.74, 6) is 0.797. The molecule has 8 heteroatoms. The van der Waals surface area contributed by atoms with E-state index in [1.165, 1.54) is 18.2 Å². The molecule has 150 valence electrons. The van der Waals surface area contributed by atoms with Crippen LogP contribution in [-0.4, -0.2) is 15.9 Å². The number of benzene rings is 2. The number of nitro benzene ring substituents is 1. The van der Waals surface area contributed by atoms with E-state index in [9.17, 15) is 14.9 Å². The number of hydrogen-bond donors (Lipinski definition) is 0. The normalized spacial score (nSPS) is 10.7. The number of nitrogens with zero attached hydrogens (tertiary/aromatic N) is 2. The molecule has 0 saturated heterocycles. The van der Waals surface area contributed by atoms with Crippen LogP contribution >= 0.6 is 0 Å². The molecule has 2 aromatic carbocycles. The summed E-state index contributed by atoms with van der Waals surface area (Å²) < 4.78 is 16.5. The van der Waals surface area contributed by atoms with Crippen LogP contribution < -0.4 is 0 Å². The van der Waals surface area contributed by atoms with Crippen LogP contribution in [0.15, 0.2) is 75.6 Å². The second-order valence-corrected chi connectivity index (χ2v) is 6.43. The number of non-ortho nitro benzene ring substituents is 1. The summed E-state index contributed by atoms with van der Waals surface area (Å²) in [6.07, 6.45) is 0. The van der Waals surface area contributed by atoms with Crippen molar-refractivity contribution in [3.05, 3.63) is 94.1 Å². The number of rotatable bonds is 6. The Labute approximate surface area is 170 Å². The summed E-state index contributed by atoms with van der Waals surface area (Å²) in [5.41, 5.74) is 1.93. The van der Waals surface area contributed by atoms with E-state index in [2.05, 4.69) is 4.98 Å². The summed E-state index contributed by atoms with van der Waals surface area (Å²) in [4.78, 5) is 27.0. The zero-order valence-corrected chi connectivity index (χ0v) is 15.9. The lowest BCUT2D eigenvalue weighted by atomic mass is 10.1. The van der Waals surface area contributed by atoms with Gasteiger partial charge in [-0.15, -0.1) is 0 Å². The quantitative estimate of drug-likeness (QED) is 0.248. The monoisotopic (exact) mass is 404 g/mol. The highest BCUT2D eigenvalue weighted by Gasteiger charge is 2.17. The third-order valence-electron chi connectivity index (χ3n) is 4.42. The van der Waals surface area contributed by atoms with Gasteiger partial charge in [0.1, 0.15) is 23.8 Å². The van der Waals surface area contributed by atoms with Gasteiger partial charge >= 0.3 is 5.97 Å². The standard InChI is InChI=1S/C22H16N2O6/c1-14-18(23-21(29-14)16-5-3-2-4-6-16)13-28-22(25)20-12-11-19(30-20)15-7-9-17(10-8-15)24(26)27/h2-12H,13H2,1H3. The predicted molar refractivity (Wildman–Crippen MR) is 107 cm³/mol. The molecule has 0 aliphatic carbocycles. The van der Waals surface area contributed by atoms with Crippen molar-refractivity contribution in [2.24, 2.45) is 0 Å². The number of nitro groups is 1. The van der Waals surface area contributed by atoms with Crippen molar-refractivity contribution < 1.29 is 23.3 Å². The Morgan fingerprint density at radius 2 is 1.73 bits per heavy atom. The smallest absolute Gasteiger partial charge is 0.374 e. The van der Waals surface area contributed by atoms with Gasteiger partial charge in [0.15, 0.2) is 0 Å². The van der Waals surface area contributed by atoms with Crippen molar-refractivity contribution in [3.63, 3.8) is 0 Å². The van der Waals surface area contributed by atoms with E-state index in [-0.39, 0.29) is 18.1 Å². The van der Waals surface area contributed by atoms with Crippen LogP contribution in [0.4, 0.5) is 5.69 Å². The summed E-state index contributed by atoms with van der Waals surface area (Å²) in [7, 11) is 0. The number of aromatic nitrogens is 1. The van der Waals surface area contributed by atoms with E-state index < -0.39 is 10.9 Å². The van der Waals surface area contributed by atoms with E-state index in [1.54, 1.807) is 25.1 Å². The van der Waals surface area contributed by atoms with Crippen LogP contribution in [0.3, 0.4) is 0 Å². The van der Waals surface area contributed by atoms with E-state index in [1.807, 2.05) is 30.3 Å². The molecular formula is C22H16N2O6. The minimum atomic E-state index is -0.646. The predicted octanol–water partition coefficient (Wildman–Crippen LogP) is 5.18. The third-order valence-corrected chi connectivity index (χ3v) is 4.42. The highest BCUT2D eigenvalue weighted by molar-refractivity contribution is 5.87. The average molecular weight is 404 g/mol. The maximum atomic E-state index is 12.3. The number of esters is 1. The van der Waals surface area contributed by atoms with Gasteiger partial charge in [-0.2, -0.15) is 0 Å². The molecule has 30 heavy (non-hydrogen) atoms. The number of carbonyl (C=O) groups is 1. The molecule has 2 aromatic heterocycles. The van der Waals surface area contributed by atoms with Crippen LogP contribution in [0.1, 0.15) is 22.0 Å². The maximum Gasteiger partial charge on any atom is 0.374 e. The SMILES string of the molecule is Cc1oc(-c2ccccc2)nc1COC(=O)c1ccc(-c2ccc([N+](=O)[O-])cc2)o1. The van der Waals surface area contributed by atoms with Gasteiger partial charge in [0, 0.05) is 23.3 Å². The second-order valence-electron chi connectivity index (χ2n) is 6.43. The van der Waals surface area contributed by atoms with Crippen LogP contribution in [0.5, 0.6) is 0 Å². The van der Waals surface area contributed by atoms with Crippen LogP contribution in [0, 0.1) is 17.0 Å². The van der Waals surface area contributed by atoms with E-state index in [0.717, 1.165) is 5.56 Å². The molecule has 4 aromatic rings. The van der Waals surface area contributed by atoms with Crippen molar-refractivity contribution in [3.8, 4) is 22.8 Å². The topological polar surface area (TPSA) is 109 Å². The zero-order valence-electron chi connectivity index (χ0n) is 15.9. The Kier molecular flexibility index (Phi) is 5.13. The lowest BCUT2D eigenvalue weighted by molar-refractivity contribution is -0.384. The van der Waals surface area contributed by atoms with Gasteiger partial charge in [0.2, 0.25) is 11.7 Å². The first-order valence-corrected chi connectivity index (χ1v) is 9.05. The molecule has 0 aliphatic heterocycles. The highest BCUT2D eigenvalue weighted by atomic mass is 16.6. The lowest BCUT2D eigenvalue weighted by Gasteiger charge is -2.01. The van der Waals surface area contributed by atoms with Gasteiger partial charge in [-0.1, -0.05) is 18.2 Å². The van der Waals surface area contributed by atoms with E-state index >= 15 is 0 Å². The molecule has 0 radical (unpaired) electrons. The molecule has 0 N–H and O–H groups in total. The summed E-state index contributed by atoms with van der Waals surface area (Å²) in [5, 5.41) is 10.7. The lowest BCUT2D eigenvalue weighted by Crippen LogP contribution is -2.04. The van der Waals surface area contributed by atoms with Gasteiger partial charge < -0.3 is 13.6 Å². The van der Waals surface area contributed by atoms with Gasteiger partial charge in [-0.05, 0) is 43.3 Å². The minimum absolute atomic E-state index is 0.0211. The molecule has 0 unspecified atom stereocenters. The number of furan rings is 1. The van der Waals surface area contributed by atoms with Gasteiger partial charge in [-0.25, -0.2) is 9.78 Å².